The Morgan fingerprint density at radius 2 is 2.32 bits per heavy atom. The van der Waals surface area contributed by atoms with Gasteiger partial charge in [-0.15, -0.1) is 11.3 Å². The van der Waals surface area contributed by atoms with Crippen LogP contribution in [0.5, 0.6) is 0 Å². The molecule has 3 N–H and O–H groups in total. The number of nitrogens with two attached hydrogens (primary N) is 1. The van der Waals surface area contributed by atoms with Crippen molar-refractivity contribution in [1.82, 2.24) is 0 Å². The van der Waals surface area contributed by atoms with Crippen LogP contribution in [0.1, 0.15) is 51.0 Å². The molecule has 2 rings (SSSR count). The van der Waals surface area contributed by atoms with Gasteiger partial charge in [0.15, 0.2) is 0 Å². The summed E-state index contributed by atoms with van der Waals surface area (Å²) < 4.78 is 5.68. The maximum atomic E-state index is 10.7. The number of hydrogen-bond donors (Lipinski definition) is 2. The van der Waals surface area contributed by atoms with Crippen LogP contribution >= 0.6 is 11.3 Å². The van der Waals surface area contributed by atoms with Gasteiger partial charge in [0.05, 0.1) is 29.2 Å². The Hall–Kier alpha value is -0.420. The highest BCUT2D eigenvalue weighted by atomic mass is 32.1. The first-order valence-electron chi connectivity index (χ1n) is 7.13. The van der Waals surface area contributed by atoms with Crippen LogP contribution in [-0.2, 0) is 4.74 Å². The highest BCUT2D eigenvalue weighted by Crippen LogP contribution is 2.33. The van der Waals surface area contributed by atoms with Gasteiger partial charge in [0, 0.05) is 12.8 Å². The van der Waals surface area contributed by atoms with Crippen molar-refractivity contribution in [3.05, 3.63) is 22.4 Å². The highest BCUT2D eigenvalue weighted by molar-refractivity contribution is 7.10. The van der Waals surface area contributed by atoms with Crippen LogP contribution in [-0.4, -0.2) is 29.5 Å². The lowest BCUT2D eigenvalue weighted by Crippen LogP contribution is -2.85. The van der Waals surface area contributed by atoms with E-state index in [0.717, 1.165) is 25.8 Å². The number of rotatable bonds is 5. The second-order valence-corrected chi connectivity index (χ2v) is 7.32. The van der Waals surface area contributed by atoms with Crippen molar-refractivity contribution < 1.29 is 15.2 Å². The summed E-state index contributed by atoms with van der Waals surface area (Å²) in [5, 5.41) is 15.1. The molecule has 2 atom stereocenters. The van der Waals surface area contributed by atoms with E-state index in [1.54, 1.807) is 11.3 Å². The lowest BCUT2D eigenvalue weighted by atomic mass is 9.82. The summed E-state index contributed by atoms with van der Waals surface area (Å²) in [7, 11) is 0. The molecule has 1 fully saturated rings. The number of thiophene rings is 1. The number of hydrogen-bond acceptors (Lipinski definition) is 3. The molecule has 0 spiro atoms. The molecule has 0 saturated carbocycles. The van der Waals surface area contributed by atoms with Gasteiger partial charge in [0.25, 0.3) is 0 Å². The standard InChI is InChI=1S/C15H25NO2S/c1-12(13-5-4-10-19-13)16-8-6-15(17)7-9-18-14(2,3)11-15/h4-5,10,12,16-17H,6-9,11H2,1-3H3/p+1/t12-,15-/m1/s1. The van der Waals surface area contributed by atoms with Crippen LogP contribution in [0, 0.1) is 0 Å². The van der Waals surface area contributed by atoms with Crippen LogP contribution in [0.25, 0.3) is 0 Å². The van der Waals surface area contributed by atoms with E-state index in [-0.39, 0.29) is 5.60 Å². The molecule has 0 aromatic carbocycles. The van der Waals surface area contributed by atoms with Gasteiger partial charge in [-0.3, -0.25) is 0 Å². The molecule has 108 valence electrons. The lowest BCUT2D eigenvalue weighted by Gasteiger charge is -2.41. The van der Waals surface area contributed by atoms with Gasteiger partial charge in [-0.2, -0.15) is 0 Å². The van der Waals surface area contributed by atoms with Crippen LogP contribution < -0.4 is 5.32 Å². The Kier molecular flexibility index (Phi) is 4.66. The van der Waals surface area contributed by atoms with E-state index in [0.29, 0.717) is 12.6 Å². The minimum Gasteiger partial charge on any atom is -0.389 e. The first kappa shape index (κ1) is 15.0. The Morgan fingerprint density at radius 1 is 1.53 bits per heavy atom. The molecule has 1 aromatic heterocycles. The van der Waals surface area contributed by atoms with Gasteiger partial charge >= 0.3 is 0 Å². The van der Waals surface area contributed by atoms with Gasteiger partial charge in [-0.1, -0.05) is 6.07 Å². The highest BCUT2D eigenvalue weighted by Gasteiger charge is 2.39. The zero-order chi connectivity index (χ0) is 13.9. The zero-order valence-electron chi connectivity index (χ0n) is 12.2. The third-order valence-corrected chi connectivity index (χ3v) is 5.01. The predicted molar refractivity (Wildman–Crippen MR) is 78.4 cm³/mol. The quantitative estimate of drug-likeness (QED) is 0.869. The van der Waals surface area contributed by atoms with Gasteiger partial charge in [-0.05, 0) is 38.6 Å². The van der Waals surface area contributed by atoms with E-state index < -0.39 is 5.60 Å². The summed E-state index contributed by atoms with van der Waals surface area (Å²) in [5.41, 5.74) is -0.736. The van der Waals surface area contributed by atoms with Gasteiger partial charge in [-0.25, -0.2) is 0 Å². The molecule has 3 nitrogen and oxygen atoms in total. The first-order valence-corrected chi connectivity index (χ1v) is 8.01. The summed E-state index contributed by atoms with van der Waals surface area (Å²) in [6.45, 7) is 7.99. The third-order valence-electron chi connectivity index (χ3n) is 3.94. The van der Waals surface area contributed by atoms with Gasteiger partial charge in [0.2, 0.25) is 0 Å². The topological polar surface area (TPSA) is 46.1 Å². The van der Waals surface area contributed by atoms with E-state index in [4.69, 9.17) is 4.74 Å². The molecule has 0 amide bonds. The molecule has 1 saturated heterocycles. The molecule has 0 bridgehead atoms. The van der Waals surface area contributed by atoms with Crippen LogP contribution in [0.3, 0.4) is 0 Å². The fourth-order valence-electron chi connectivity index (χ4n) is 2.93. The fourth-order valence-corrected chi connectivity index (χ4v) is 3.71. The van der Waals surface area contributed by atoms with Crippen molar-refractivity contribution in [2.45, 2.75) is 57.3 Å². The molecule has 2 heterocycles. The molecule has 1 aliphatic heterocycles. The monoisotopic (exact) mass is 284 g/mol. The SMILES string of the molecule is C[C@@H]([NH2+]CC[C@@]1(O)CCOC(C)(C)C1)c1cccs1. The van der Waals surface area contributed by atoms with Gasteiger partial charge in [0.1, 0.15) is 6.04 Å². The van der Waals surface area contributed by atoms with Crippen LogP contribution in [0.2, 0.25) is 0 Å². The molecule has 0 aliphatic carbocycles. The Bertz CT molecular complexity index is 391. The van der Waals surface area contributed by atoms with E-state index in [1.165, 1.54) is 4.88 Å². The van der Waals surface area contributed by atoms with E-state index >= 15 is 0 Å². The summed E-state index contributed by atoms with van der Waals surface area (Å²) in [6, 6.07) is 4.76. The average Bonchev–Trinajstić information content (AvgIpc) is 2.80. The normalized spacial score (nSPS) is 28.2. The van der Waals surface area contributed by atoms with Crippen LogP contribution in [0.15, 0.2) is 17.5 Å². The fraction of sp³-hybridized carbons (Fsp3) is 0.733. The maximum Gasteiger partial charge on any atom is 0.118 e. The second kappa shape index (κ2) is 5.92. The summed E-state index contributed by atoms with van der Waals surface area (Å²) >= 11 is 1.80. The smallest absolute Gasteiger partial charge is 0.118 e. The van der Waals surface area contributed by atoms with Crippen molar-refractivity contribution in [2.24, 2.45) is 0 Å². The van der Waals surface area contributed by atoms with Gasteiger partial charge < -0.3 is 15.2 Å². The van der Waals surface area contributed by atoms with Crippen molar-refractivity contribution in [1.29, 1.82) is 0 Å². The Morgan fingerprint density at radius 3 is 2.95 bits per heavy atom. The minimum absolute atomic E-state index is 0.188. The van der Waals surface area contributed by atoms with Crippen molar-refractivity contribution in [3.8, 4) is 0 Å². The molecule has 1 aromatic rings. The predicted octanol–water partition coefficient (Wildman–Crippen LogP) is 2.08. The van der Waals surface area contributed by atoms with Crippen molar-refractivity contribution in [3.63, 3.8) is 0 Å². The number of quaternary nitrogens is 1. The molecule has 0 unspecified atom stereocenters. The Labute approximate surface area is 120 Å². The number of ether oxygens (including phenoxy) is 1. The molecular formula is C15H26NO2S+. The summed E-state index contributed by atoms with van der Waals surface area (Å²) in [6.07, 6.45) is 2.34. The van der Waals surface area contributed by atoms with Crippen molar-refractivity contribution in [2.75, 3.05) is 13.2 Å². The largest absolute Gasteiger partial charge is 0.389 e. The molecule has 0 radical (unpaired) electrons. The Balaban J connectivity index is 1.78. The van der Waals surface area contributed by atoms with Crippen LogP contribution in [0.4, 0.5) is 0 Å². The zero-order valence-corrected chi connectivity index (χ0v) is 13.0. The summed E-state index contributed by atoms with van der Waals surface area (Å²) in [5.74, 6) is 0. The molecule has 4 heteroatoms. The third kappa shape index (κ3) is 4.28. The maximum absolute atomic E-state index is 10.7. The van der Waals surface area contributed by atoms with E-state index in [9.17, 15) is 5.11 Å². The first-order chi connectivity index (χ1) is 8.90. The average molecular weight is 284 g/mol. The van der Waals surface area contributed by atoms with E-state index in [1.807, 2.05) is 0 Å². The summed E-state index contributed by atoms with van der Waals surface area (Å²) in [4.78, 5) is 1.40. The van der Waals surface area contributed by atoms with Crippen molar-refractivity contribution >= 4 is 11.3 Å². The lowest BCUT2D eigenvalue weighted by molar-refractivity contribution is -0.693. The minimum atomic E-state index is -0.548. The number of aliphatic hydroxyl groups is 1. The second-order valence-electron chi connectivity index (χ2n) is 6.34. The van der Waals surface area contributed by atoms with E-state index in [2.05, 4.69) is 43.6 Å². The molecule has 1 aliphatic rings. The molecular weight excluding hydrogens is 258 g/mol. The molecule has 19 heavy (non-hydrogen) atoms.